The average molecular weight is 357 g/mol. The van der Waals surface area contributed by atoms with E-state index in [-0.39, 0.29) is 5.92 Å². The van der Waals surface area contributed by atoms with Crippen LogP contribution in [0.2, 0.25) is 0 Å². The van der Waals surface area contributed by atoms with Crippen LogP contribution in [0, 0.1) is 13.8 Å². The molecule has 0 amide bonds. The summed E-state index contributed by atoms with van der Waals surface area (Å²) in [5.41, 5.74) is 4.14. The Labute approximate surface area is 151 Å². The molecule has 0 aromatic carbocycles. The van der Waals surface area contributed by atoms with Crippen molar-refractivity contribution in [1.82, 2.24) is 24.9 Å². The largest absolute Gasteiger partial charge is 0.479 e. The smallest absolute Gasteiger partial charge is 0.242 e. The second-order valence-electron chi connectivity index (χ2n) is 6.74. The van der Waals surface area contributed by atoms with Crippen LogP contribution in [0.1, 0.15) is 40.9 Å². The number of pyridine rings is 1. The first kappa shape index (κ1) is 17.0. The van der Waals surface area contributed by atoms with E-state index in [1.54, 1.807) is 11.8 Å². The number of aryl methyl sites for hydroxylation is 4. The van der Waals surface area contributed by atoms with E-state index in [4.69, 9.17) is 19.0 Å². The van der Waals surface area contributed by atoms with Crippen molar-refractivity contribution in [3.05, 3.63) is 28.5 Å². The minimum atomic E-state index is 0.258. The summed E-state index contributed by atoms with van der Waals surface area (Å²) in [6.45, 7) is 5.56. The Bertz CT molecular complexity index is 940. The maximum Gasteiger partial charge on any atom is 0.242 e. The Morgan fingerprint density at radius 1 is 1.23 bits per heavy atom. The van der Waals surface area contributed by atoms with E-state index < -0.39 is 0 Å². The van der Waals surface area contributed by atoms with Crippen molar-refractivity contribution in [1.29, 1.82) is 0 Å². The molecular formula is C18H23N5O3. The van der Waals surface area contributed by atoms with E-state index >= 15 is 0 Å². The van der Waals surface area contributed by atoms with E-state index in [1.165, 1.54) is 5.56 Å². The Kier molecular flexibility index (Phi) is 4.36. The molecule has 0 saturated carbocycles. The standard InChI is InChI=1S/C18H23N5O3/c1-10-13(11(2)19-17-15(10)18(24-4)21-23(17)3)5-6-14-20-16(22-26-14)12-7-8-25-9-12/h12H,5-9H2,1-4H3/t12-/m0/s1. The van der Waals surface area contributed by atoms with Crippen LogP contribution in [0.3, 0.4) is 0 Å². The van der Waals surface area contributed by atoms with Crippen LogP contribution in [0.25, 0.3) is 11.0 Å². The highest BCUT2D eigenvalue weighted by atomic mass is 16.5. The van der Waals surface area contributed by atoms with E-state index in [2.05, 4.69) is 22.2 Å². The summed E-state index contributed by atoms with van der Waals surface area (Å²) in [6, 6.07) is 0. The van der Waals surface area contributed by atoms with Crippen LogP contribution in [0.4, 0.5) is 0 Å². The molecule has 0 N–H and O–H groups in total. The molecule has 3 aromatic heterocycles. The summed E-state index contributed by atoms with van der Waals surface area (Å²) in [5.74, 6) is 2.28. The van der Waals surface area contributed by atoms with Crippen molar-refractivity contribution >= 4 is 11.0 Å². The first-order valence-corrected chi connectivity index (χ1v) is 8.85. The van der Waals surface area contributed by atoms with Gasteiger partial charge in [-0.25, -0.2) is 9.67 Å². The van der Waals surface area contributed by atoms with Crippen molar-refractivity contribution < 1.29 is 14.0 Å². The molecule has 4 heterocycles. The zero-order valence-electron chi connectivity index (χ0n) is 15.6. The third-order valence-electron chi connectivity index (χ3n) is 5.08. The number of nitrogens with zero attached hydrogens (tertiary/aromatic N) is 5. The lowest BCUT2D eigenvalue weighted by Gasteiger charge is -2.10. The second-order valence-corrected chi connectivity index (χ2v) is 6.74. The van der Waals surface area contributed by atoms with Crippen LogP contribution in [-0.4, -0.2) is 45.2 Å². The number of hydrogen-bond acceptors (Lipinski definition) is 7. The lowest BCUT2D eigenvalue weighted by molar-refractivity contribution is 0.192. The van der Waals surface area contributed by atoms with Gasteiger partial charge in [-0.1, -0.05) is 5.16 Å². The molecule has 1 aliphatic heterocycles. The van der Waals surface area contributed by atoms with Gasteiger partial charge in [-0.05, 0) is 37.8 Å². The Hall–Kier alpha value is -2.48. The summed E-state index contributed by atoms with van der Waals surface area (Å²) in [6.07, 6.45) is 2.41. The molecule has 0 aliphatic carbocycles. The highest BCUT2D eigenvalue weighted by molar-refractivity contribution is 5.86. The number of rotatable bonds is 5. The van der Waals surface area contributed by atoms with E-state index in [9.17, 15) is 0 Å². The minimum Gasteiger partial charge on any atom is -0.479 e. The fourth-order valence-corrected chi connectivity index (χ4v) is 3.61. The Morgan fingerprint density at radius 3 is 2.81 bits per heavy atom. The summed E-state index contributed by atoms with van der Waals surface area (Å²) in [4.78, 5) is 9.27. The van der Waals surface area contributed by atoms with Gasteiger partial charge in [0.05, 0.1) is 19.1 Å². The molecule has 1 atom stereocenters. The second kappa shape index (κ2) is 6.68. The maximum absolute atomic E-state index is 5.44. The molecule has 4 rings (SSSR count). The average Bonchev–Trinajstić information content (AvgIpc) is 3.35. The van der Waals surface area contributed by atoms with Gasteiger partial charge in [0.25, 0.3) is 0 Å². The fraction of sp³-hybridized carbons (Fsp3) is 0.556. The number of ether oxygens (including phenoxy) is 2. The summed E-state index contributed by atoms with van der Waals surface area (Å²) >= 11 is 0. The molecule has 3 aromatic rings. The van der Waals surface area contributed by atoms with Gasteiger partial charge in [0, 0.05) is 31.7 Å². The molecule has 0 radical (unpaired) electrons. The summed E-state index contributed by atoms with van der Waals surface area (Å²) in [5, 5.41) is 9.48. The summed E-state index contributed by atoms with van der Waals surface area (Å²) in [7, 11) is 3.51. The molecule has 1 aliphatic rings. The first-order chi connectivity index (χ1) is 12.6. The molecular weight excluding hydrogens is 334 g/mol. The lowest BCUT2D eigenvalue weighted by atomic mass is 10.0. The van der Waals surface area contributed by atoms with E-state index in [1.807, 2.05) is 14.0 Å². The van der Waals surface area contributed by atoms with Crippen LogP contribution in [0.15, 0.2) is 4.52 Å². The van der Waals surface area contributed by atoms with Crippen molar-refractivity contribution in [3.63, 3.8) is 0 Å². The third kappa shape index (κ3) is 2.84. The van der Waals surface area contributed by atoms with E-state index in [0.717, 1.165) is 47.6 Å². The van der Waals surface area contributed by atoms with Gasteiger partial charge in [0.2, 0.25) is 11.8 Å². The SMILES string of the molecule is COc1nn(C)c2nc(C)c(CCc3nc([C@H]4CCOC4)no3)c(C)c12. The molecule has 0 bridgehead atoms. The van der Waals surface area contributed by atoms with Gasteiger partial charge in [0.1, 0.15) is 0 Å². The van der Waals surface area contributed by atoms with Gasteiger partial charge in [0.15, 0.2) is 11.5 Å². The van der Waals surface area contributed by atoms with E-state index in [0.29, 0.717) is 24.8 Å². The zero-order valence-corrected chi connectivity index (χ0v) is 15.6. The van der Waals surface area contributed by atoms with Crippen molar-refractivity contribution in [2.24, 2.45) is 7.05 Å². The van der Waals surface area contributed by atoms with Crippen LogP contribution >= 0.6 is 0 Å². The topological polar surface area (TPSA) is 88.1 Å². The van der Waals surface area contributed by atoms with Crippen LogP contribution in [-0.2, 0) is 24.6 Å². The van der Waals surface area contributed by atoms with Gasteiger partial charge in [-0.2, -0.15) is 4.98 Å². The van der Waals surface area contributed by atoms with Crippen molar-refractivity contribution in [3.8, 4) is 5.88 Å². The molecule has 26 heavy (non-hydrogen) atoms. The van der Waals surface area contributed by atoms with Crippen LogP contribution < -0.4 is 4.74 Å². The maximum atomic E-state index is 5.44. The molecule has 0 unspecified atom stereocenters. The first-order valence-electron chi connectivity index (χ1n) is 8.85. The molecule has 8 nitrogen and oxygen atoms in total. The summed E-state index contributed by atoms with van der Waals surface area (Å²) < 4.78 is 18.0. The highest BCUT2D eigenvalue weighted by Crippen LogP contribution is 2.30. The molecule has 1 saturated heterocycles. The van der Waals surface area contributed by atoms with Crippen molar-refractivity contribution in [2.45, 2.75) is 39.0 Å². The number of fused-ring (bicyclic) bond motifs is 1. The molecule has 8 heteroatoms. The number of methoxy groups -OCH3 is 1. The van der Waals surface area contributed by atoms with Crippen LogP contribution in [0.5, 0.6) is 5.88 Å². The fourth-order valence-electron chi connectivity index (χ4n) is 3.61. The Balaban J connectivity index is 1.59. The van der Waals surface area contributed by atoms with Gasteiger partial charge in [-0.3, -0.25) is 0 Å². The zero-order chi connectivity index (χ0) is 18.3. The quantitative estimate of drug-likeness (QED) is 0.692. The van der Waals surface area contributed by atoms with Gasteiger partial charge in [-0.15, -0.1) is 5.10 Å². The molecule has 138 valence electrons. The number of aromatic nitrogens is 5. The lowest BCUT2D eigenvalue weighted by Crippen LogP contribution is -2.03. The normalized spacial score (nSPS) is 17.3. The predicted octanol–water partition coefficient (Wildman–Crippen LogP) is 2.27. The number of hydrogen-bond donors (Lipinski definition) is 0. The van der Waals surface area contributed by atoms with Gasteiger partial charge < -0.3 is 14.0 Å². The molecule has 0 spiro atoms. The third-order valence-corrected chi connectivity index (χ3v) is 5.08. The highest BCUT2D eigenvalue weighted by Gasteiger charge is 2.23. The monoisotopic (exact) mass is 357 g/mol. The minimum absolute atomic E-state index is 0.258. The molecule has 1 fully saturated rings. The van der Waals surface area contributed by atoms with Gasteiger partial charge >= 0.3 is 0 Å². The Morgan fingerprint density at radius 2 is 2.08 bits per heavy atom. The van der Waals surface area contributed by atoms with Crippen molar-refractivity contribution in [2.75, 3.05) is 20.3 Å². The predicted molar refractivity (Wildman–Crippen MR) is 94.4 cm³/mol.